The number of carbonyl (C=O) groups is 2. The molecular weight excluding hydrogens is 380 g/mol. The van der Waals surface area contributed by atoms with Crippen molar-refractivity contribution in [3.8, 4) is 5.75 Å². The molecule has 1 heterocycles. The van der Waals surface area contributed by atoms with Crippen LogP contribution in [0.4, 0.5) is 5.69 Å². The SMILES string of the molecule is COc1ccc(S(=O)(=O)N2C(=O)CC[C@@H]2C(=O)Nc2ccccc2C)cc1C. The zero-order valence-electron chi connectivity index (χ0n) is 15.9. The van der Waals surface area contributed by atoms with Crippen molar-refractivity contribution in [2.24, 2.45) is 0 Å². The lowest BCUT2D eigenvalue weighted by atomic mass is 10.1. The number of aryl methyl sites for hydroxylation is 2. The van der Waals surface area contributed by atoms with Crippen molar-refractivity contribution < 1.29 is 22.7 Å². The van der Waals surface area contributed by atoms with Crippen LogP contribution in [-0.4, -0.2) is 37.7 Å². The number of amides is 2. The predicted molar refractivity (Wildman–Crippen MR) is 105 cm³/mol. The molecule has 2 amide bonds. The summed E-state index contributed by atoms with van der Waals surface area (Å²) in [6, 6.07) is 10.5. The van der Waals surface area contributed by atoms with Gasteiger partial charge in [-0.25, -0.2) is 12.7 Å². The Bertz CT molecular complexity index is 1030. The molecule has 0 unspecified atom stereocenters. The van der Waals surface area contributed by atoms with Gasteiger partial charge < -0.3 is 10.1 Å². The second kappa shape index (κ2) is 7.63. The van der Waals surface area contributed by atoms with Crippen LogP contribution in [0.5, 0.6) is 5.75 Å². The molecule has 1 aliphatic heterocycles. The number of rotatable bonds is 5. The maximum Gasteiger partial charge on any atom is 0.267 e. The summed E-state index contributed by atoms with van der Waals surface area (Å²) >= 11 is 0. The number of hydrogen-bond donors (Lipinski definition) is 1. The summed E-state index contributed by atoms with van der Waals surface area (Å²) in [5, 5.41) is 2.74. The van der Waals surface area contributed by atoms with Gasteiger partial charge in [0.25, 0.3) is 10.0 Å². The van der Waals surface area contributed by atoms with Crippen molar-refractivity contribution in [3.63, 3.8) is 0 Å². The average Bonchev–Trinajstić information content (AvgIpc) is 3.06. The minimum Gasteiger partial charge on any atom is -0.496 e. The molecule has 0 spiro atoms. The van der Waals surface area contributed by atoms with Gasteiger partial charge in [-0.05, 0) is 55.7 Å². The summed E-state index contributed by atoms with van der Waals surface area (Å²) in [7, 11) is -2.67. The first kappa shape index (κ1) is 19.9. The minimum atomic E-state index is -4.16. The molecule has 1 atom stereocenters. The smallest absolute Gasteiger partial charge is 0.267 e. The van der Waals surface area contributed by atoms with E-state index in [2.05, 4.69) is 5.32 Å². The Balaban J connectivity index is 1.92. The number of benzene rings is 2. The van der Waals surface area contributed by atoms with Crippen LogP contribution in [0.1, 0.15) is 24.0 Å². The first-order valence-electron chi connectivity index (χ1n) is 8.84. The molecule has 2 aromatic rings. The lowest BCUT2D eigenvalue weighted by molar-refractivity contribution is -0.128. The zero-order valence-corrected chi connectivity index (χ0v) is 16.7. The van der Waals surface area contributed by atoms with Gasteiger partial charge in [0.2, 0.25) is 11.8 Å². The first-order valence-corrected chi connectivity index (χ1v) is 10.3. The van der Waals surface area contributed by atoms with Gasteiger partial charge in [-0.1, -0.05) is 18.2 Å². The topological polar surface area (TPSA) is 92.8 Å². The lowest BCUT2D eigenvalue weighted by Gasteiger charge is -2.24. The highest BCUT2D eigenvalue weighted by atomic mass is 32.2. The fourth-order valence-corrected chi connectivity index (χ4v) is 4.94. The molecule has 0 aromatic heterocycles. The van der Waals surface area contributed by atoms with Crippen molar-refractivity contribution >= 4 is 27.5 Å². The van der Waals surface area contributed by atoms with E-state index >= 15 is 0 Å². The van der Waals surface area contributed by atoms with Crippen LogP contribution in [0.25, 0.3) is 0 Å². The Morgan fingerprint density at radius 3 is 2.50 bits per heavy atom. The highest BCUT2D eigenvalue weighted by Gasteiger charge is 2.44. The maximum atomic E-state index is 13.1. The fraction of sp³-hybridized carbons (Fsp3) is 0.300. The number of carbonyl (C=O) groups excluding carboxylic acids is 2. The van der Waals surface area contributed by atoms with E-state index in [1.807, 2.05) is 19.1 Å². The third-order valence-electron chi connectivity index (χ3n) is 4.79. The molecule has 0 bridgehead atoms. The molecule has 1 fully saturated rings. The molecule has 8 heteroatoms. The fourth-order valence-electron chi connectivity index (χ4n) is 3.25. The van der Waals surface area contributed by atoms with Crippen molar-refractivity contribution in [1.29, 1.82) is 0 Å². The third kappa shape index (κ3) is 3.60. The number of para-hydroxylation sites is 1. The molecule has 1 saturated heterocycles. The highest BCUT2D eigenvalue weighted by molar-refractivity contribution is 7.89. The first-order chi connectivity index (χ1) is 13.3. The minimum absolute atomic E-state index is 0.000224. The summed E-state index contributed by atoms with van der Waals surface area (Å²) in [6.07, 6.45) is 0.144. The monoisotopic (exact) mass is 402 g/mol. The van der Waals surface area contributed by atoms with Gasteiger partial charge in [-0.2, -0.15) is 0 Å². The molecule has 7 nitrogen and oxygen atoms in total. The maximum absolute atomic E-state index is 13.1. The van der Waals surface area contributed by atoms with Gasteiger partial charge >= 0.3 is 0 Å². The van der Waals surface area contributed by atoms with Crippen LogP contribution in [0.15, 0.2) is 47.4 Å². The largest absolute Gasteiger partial charge is 0.496 e. The number of anilines is 1. The molecule has 148 valence electrons. The summed E-state index contributed by atoms with van der Waals surface area (Å²) in [5.41, 5.74) is 2.06. The van der Waals surface area contributed by atoms with E-state index in [0.29, 0.717) is 21.3 Å². The van der Waals surface area contributed by atoms with Gasteiger partial charge in [0.05, 0.1) is 12.0 Å². The van der Waals surface area contributed by atoms with E-state index in [0.717, 1.165) is 5.56 Å². The average molecular weight is 402 g/mol. The van der Waals surface area contributed by atoms with Crippen LogP contribution in [0.3, 0.4) is 0 Å². The van der Waals surface area contributed by atoms with E-state index < -0.39 is 27.9 Å². The second-order valence-electron chi connectivity index (χ2n) is 6.68. The summed E-state index contributed by atoms with van der Waals surface area (Å²) in [5.74, 6) is -0.562. The molecule has 3 rings (SSSR count). The number of nitrogens with zero attached hydrogens (tertiary/aromatic N) is 1. The molecule has 1 aliphatic rings. The molecule has 0 saturated carbocycles. The second-order valence-corrected chi connectivity index (χ2v) is 8.50. The number of ether oxygens (including phenoxy) is 1. The van der Waals surface area contributed by atoms with E-state index in [4.69, 9.17) is 4.74 Å². The van der Waals surface area contributed by atoms with Gasteiger partial charge in [-0.3, -0.25) is 9.59 Å². The lowest BCUT2D eigenvalue weighted by Crippen LogP contribution is -2.45. The van der Waals surface area contributed by atoms with Gasteiger partial charge in [0, 0.05) is 12.1 Å². The Morgan fingerprint density at radius 2 is 1.86 bits per heavy atom. The van der Waals surface area contributed by atoms with E-state index in [9.17, 15) is 18.0 Å². The van der Waals surface area contributed by atoms with Crippen LogP contribution < -0.4 is 10.1 Å². The number of nitrogens with one attached hydrogen (secondary N) is 1. The number of sulfonamides is 1. The standard InChI is InChI=1S/C20H22N2O5S/c1-13-6-4-5-7-16(13)21-20(24)17-9-11-19(23)22(17)28(25,26)15-8-10-18(27-3)14(2)12-15/h4-8,10,12,17H,9,11H2,1-3H3,(H,21,24)/t17-/m1/s1. The van der Waals surface area contributed by atoms with Crippen LogP contribution in [0.2, 0.25) is 0 Å². The van der Waals surface area contributed by atoms with Gasteiger partial charge in [-0.15, -0.1) is 0 Å². The van der Waals surface area contributed by atoms with Gasteiger partial charge in [0.1, 0.15) is 11.8 Å². The number of methoxy groups -OCH3 is 1. The normalized spacial score (nSPS) is 16.9. The van der Waals surface area contributed by atoms with Crippen molar-refractivity contribution in [2.45, 2.75) is 37.6 Å². The van der Waals surface area contributed by atoms with E-state index in [1.54, 1.807) is 19.1 Å². The Morgan fingerprint density at radius 1 is 1.14 bits per heavy atom. The Hall–Kier alpha value is -2.87. The van der Waals surface area contributed by atoms with Gasteiger partial charge in [0.15, 0.2) is 0 Å². The molecular formula is C20H22N2O5S. The highest BCUT2D eigenvalue weighted by Crippen LogP contribution is 2.30. The van der Waals surface area contributed by atoms with E-state index in [-0.39, 0.29) is 17.7 Å². The summed E-state index contributed by atoms with van der Waals surface area (Å²) in [6.45, 7) is 3.55. The van der Waals surface area contributed by atoms with Crippen LogP contribution >= 0.6 is 0 Å². The number of hydrogen-bond acceptors (Lipinski definition) is 5. The Kier molecular flexibility index (Phi) is 5.42. The molecule has 28 heavy (non-hydrogen) atoms. The third-order valence-corrected chi connectivity index (χ3v) is 6.61. The van der Waals surface area contributed by atoms with Crippen molar-refractivity contribution in [3.05, 3.63) is 53.6 Å². The van der Waals surface area contributed by atoms with E-state index in [1.165, 1.54) is 25.3 Å². The summed E-state index contributed by atoms with van der Waals surface area (Å²) < 4.78 is 32.1. The van der Waals surface area contributed by atoms with Crippen molar-refractivity contribution in [1.82, 2.24) is 4.31 Å². The predicted octanol–water partition coefficient (Wildman–Crippen LogP) is 2.63. The quantitative estimate of drug-likeness (QED) is 0.830. The van der Waals surface area contributed by atoms with Crippen LogP contribution in [0, 0.1) is 13.8 Å². The van der Waals surface area contributed by atoms with Crippen LogP contribution in [-0.2, 0) is 19.6 Å². The Labute approximate surface area is 164 Å². The molecule has 0 aliphatic carbocycles. The molecule has 0 radical (unpaired) electrons. The molecule has 1 N–H and O–H groups in total. The molecule has 2 aromatic carbocycles. The van der Waals surface area contributed by atoms with Crippen molar-refractivity contribution in [2.75, 3.05) is 12.4 Å². The zero-order chi connectivity index (χ0) is 20.5. The summed E-state index contributed by atoms with van der Waals surface area (Å²) in [4.78, 5) is 25.1.